The van der Waals surface area contributed by atoms with Crippen LogP contribution >= 0.6 is 23.2 Å². The molecule has 520 valence electrons. The molecule has 37 heteroatoms. The number of unbranched alkanes of at least 4 members (excludes halogenated alkanes) is 1. The van der Waals surface area contributed by atoms with Crippen LogP contribution in [0.3, 0.4) is 0 Å². The minimum absolute atomic E-state index is 0.0198. The van der Waals surface area contributed by atoms with E-state index in [1.165, 1.54) is 13.0 Å². The van der Waals surface area contributed by atoms with E-state index in [9.17, 15) is 102 Å². The third-order valence-electron chi connectivity index (χ3n) is 14.3. The lowest BCUT2D eigenvalue weighted by molar-refractivity contribution is -0.156. The first-order chi connectivity index (χ1) is 44.2. The first-order valence-electron chi connectivity index (χ1n) is 29.3. The number of carbonyl (C=O) groups is 18. The number of primary amides is 1. The van der Waals surface area contributed by atoms with Crippen LogP contribution in [0.2, 0.25) is 10.0 Å². The number of nitrogens with two attached hydrogens (primary N) is 2. The molecule has 9 amide bonds. The number of hydrogen-bond acceptors (Lipinski definition) is 24. The molecule has 1 aromatic carbocycles. The summed E-state index contributed by atoms with van der Waals surface area (Å²) in [7, 11) is 0. The molecule has 0 aromatic heterocycles. The number of esters is 1. The molecular formula is C57H79Cl2N11O24. The van der Waals surface area contributed by atoms with E-state index in [1.54, 1.807) is 13.8 Å². The van der Waals surface area contributed by atoms with Gasteiger partial charge in [0.05, 0.1) is 60.7 Å². The largest absolute Gasteiger partial charge is 0.481 e. The van der Waals surface area contributed by atoms with E-state index in [0.717, 1.165) is 19.9 Å². The topological polar surface area (TPSA) is 556 Å². The Morgan fingerprint density at radius 3 is 1.88 bits per heavy atom. The zero-order valence-corrected chi connectivity index (χ0v) is 53.4. The molecule has 0 radical (unpaired) electrons. The van der Waals surface area contributed by atoms with E-state index in [0.29, 0.717) is 6.42 Å². The molecule has 1 aliphatic rings. The van der Waals surface area contributed by atoms with Gasteiger partial charge in [0.15, 0.2) is 23.1 Å². The van der Waals surface area contributed by atoms with E-state index < -0.39 is 244 Å². The van der Waals surface area contributed by atoms with Crippen molar-refractivity contribution in [3.63, 3.8) is 0 Å². The lowest BCUT2D eigenvalue weighted by Crippen LogP contribution is -2.57. The van der Waals surface area contributed by atoms with Crippen LogP contribution < -0.4 is 59.3 Å². The summed E-state index contributed by atoms with van der Waals surface area (Å²) < 4.78 is 15.1. The highest BCUT2D eigenvalue weighted by Crippen LogP contribution is 2.32. The van der Waals surface area contributed by atoms with Gasteiger partial charge in [-0.15, -0.1) is 0 Å². The normalized spacial score (nSPS) is 23.1. The van der Waals surface area contributed by atoms with Crippen molar-refractivity contribution in [2.24, 2.45) is 35.1 Å². The number of aliphatic hydroxyl groups excluding tert-OH is 1. The number of Topliss-reactive ketones (excluding diaryl/α,β-unsaturated/α-hetero) is 4. The van der Waals surface area contributed by atoms with Crippen LogP contribution in [0.25, 0.3) is 0 Å². The molecule has 0 saturated carbocycles. The van der Waals surface area contributed by atoms with Crippen LogP contribution in [-0.4, -0.2) is 210 Å². The SMILES string of the molecule is CCCC[C@@H]1NC(=O)CNC(=O)[C@@H](NC(=O)[C@H](CC(=O)O)CC(=O)[C@H](N)CC(N)=O)[C@@H](C)OC(=O)[C@H](CC(=O)c2cc(Cl)cc(Cl)c2NCC)NC(=O)[C@H]([C@H](C)CC(=O)O)CC(=O)[C@@H](CO)NC(=O)CNC(=O)[C@H](COC=O)NC(=O)[C@@H](C)NC(=O)[C@H](COC=O)CC1=O. The van der Waals surface area contributed by atoms with Crippen LogP contribution in [0.4, 0.5) is 5.69 Å². The quantitative estimate of drug-likeness (QED) is 0.0174. The van der Waals surface area contributed by atoms with Gasteiger partial charge in [0, 0.05) is 61.6 Å². The molecule has 1 aliphatic heterocycles. The molecular weight excluding hydrogens is 1290 g/mol. The second-order valence-electron chi connectivity index (χ2n) is 21.8. The first-order valence-corrected chi connectivity index (χ1v) is 30.1. The molecule has 1 fully saturated rings. The van der Waals surface area contributed by atoms with Crippen molar-refractivity contribution < 1.29 is 116 Å². The lowest BCUT2D eigenvalue weighted by Gasteiger charge is -2.29. The highest BCUT2D eigenvalue weighted by atomic mass is 35.5. The van der Waals surface area contributed by atoms with Gasteiger partial charge in [0.25, 0.3) is 12.9 Å². The van der Waals surface area contributed by atoms with Crippen molar-refractivity contribution in [2.45, 2.75) is 147 Å². The number of carbonyl (C=O) groups excluding carboxylic acids is 16. The number of nitrogens with one attached hydrogen (secondary N) is 9. The third kappa shape index (κ3) is 27.5. The van der Waals surface area contributed by atoms with Crippen LogP contribution in [-0.2, 0) is 95.7 Å². The fourth-order valence-corrected chi connectivity index (χ4v) is 9.79. The second kappa shape index (κ2) is 40.7. The Balaban J connectivity index is 3.00. The zero-order valence-electron chi connectivity index (χ0n) is 51.9. The Labute approximate surface area is 547 Å². The third-order valence-corrected chi connectivity index (χ3v) is 14.8. The molecule has 16 N–H and O–H groups in total. The van der Waals surface area contributed by atoms with Crippen molar-refractivity contribution >= 4 is 136 Å². The second-order valence-corrected chi connectivity index (χ2v) is 22.6. The monoisotopic (exact) mass is 1370 g/mol. The molecule has 12 atom stereocenters. The summed E-state index contributed by atoms with van der Waals surface area (Å²) >= 11 is 12.7. The van der Waals surface area contributed by atoms with Crippen molar-refractivity contribution in [3.8, 4) is 0 Å². The van der Waals surface area contributed by atoms with E-state index in [2.05, 4.69) is 52.6 Å². The smallest absolute Gasteiger partial charge is 0.329 e. The van der Waals surface area contributed by atoms with Crippen LogP contribution in [0, 0.1) is 23.7 Å². The number of aliphatic hydroxyl groups is 1. The number of amides is 9. The maximum absolute atomic E-state index is 14.7. The molecule has 0 unspecified atom stereocenters. The van der Waals surface area contributed by atoms with Crippen LogP contribution in [0.5, 0.6) is 0 Å². The number of benzene rings is 1. The van der Waals surface area contributed by atoms with Gasteiger partial charge in [-0.3, -0.25) is 81.5 Å². The van der Waals surface area contributed by atoms with E-state index >= 15 is 0 Å². The fourth-order valence-electron chi connectivity index (χ4n) is 9.23. The number of ketones is 4. The number of anilines is 1. The molecule has 1 saturated heterocycles. The van der Waals surface area contributed by atoms with Crippen molar-refractivity contribution in [3.05, 3.63) is 27.7 Å². The highest BCUT2D eigenvalue weighted by Gasteiger charge is 2.40. The molecule has 2 rings (SSSR count). The summed E-state index contributed by atoms with van der Waals surface area (Å²) in [4.78, 5) is 239. The Bertz CT molecular complexity index is 2990. The zero-order chi connectivity index (χ0) is 71.1. The molecule has 0 bridgehead atoms. The number of hydrogen-bond donors (Lipinski definition) is 14. The fraction of sp³-hybridized carbons (Fsp3) is 0.579. The Morgan fingerprint density at radius 1 is 0.723 bits per heavy atom. The summed E-state index contributed by atoms with van der Waals surface area (Å²) in [5.74, 6) is -26.6. The summed E-state index contributed by atoms with van der Waals surface area (Å²) in [6.07, 6.45) is -8.16. The maximum Gasteiger partial charge on any atom is 0.329 e. The molecule has 0 aliphatic carbocycles. The lowest BCUT2D eigenvalue weighted by atomic mass is 9.84. The number of rotatable bonds is 27. The Morgan fingerprint density at radius 2 is 1.31 bits per heavy atom. The molecule has 1 aromatic rings. The van der Waals surface area contributed by atoms with Gasteiger partial charge in [-0.25, -0.2) is 4.79 Å². The van der Waals surface area contributed by atoms with Gasteiger partial charge in [-0.1, -0.05) is 49.9 Å². The summed E-state index contributed by atoms with van der Waals surface area (Å²) in [6.45, 7) is 1.62. The number of halogens is 2. The van der Waals surface area contributed by atoms with Crippen LogP contribution in [0.1, 0.15) is 109 Å². The van der Waals surface area contributed by atoms with Gasteiger partial charge >= 0.3 is 17.9 Å². The average Bonchev–Trinajstić information content (AvgIpc) is 0.854. The first kappa shape index (κ1) is 80.9. The van der Waals surface area contributed by atoms with E-state index in [4.69, 9.17) is 44.1 Å². The summed E-state index contributed by atoms with van der Waals surface area (Å²) in [5, 5.41) is 50.4. The minimum atomic E-state index is -2.26. The molecule has 1 heterocycles. The molecule has 0 spiro atoms. The number of cyclic esters (lactones) is 1. The average molecular weight is 1370 g/mol. The van der Waals surface area contributed by atoms with Crippen molar-refractivity contribution in [2.75, 3.05) is 44.8 Å². The van der Waals surface area contributed by atoms with Crippen molar-refractivity contribution in [1.82, 2.24) is 42.5 Å². The summed E-state index contributed by atoms with van der Waals surface area (Å²) in [6, 6.07) is -10.5. The number of carboxylic acids is 2. The predicted octanol–water partition coefficient (Wildman–Crippen LogP) is -3.85. The predicted molar refractivity (Wildman–Crippen MR) is 324 cm³/mol. The highest BCUT2D eigenvalue weighted by molar-refractivity contribution is 6.37. The molecule has 94 heavy (non-hydrogen) atoms. The Hall–Kier alpha value is -9.22. The Kier molecular flexibility index (Phi) is 35.0. The van der Waals surface area contributed by atoms with Gasteiger partial charge < -0.3 is 88.8 Å². The molecule has 35 nitrogen and oxygen atoms in total. The van der Waals surface area contributed by atoms with Crippen molar-refractivity contribution in [1.29, 1.82) is 0 Å². The number of aliphatic carboxylic acids is 2. The number of ether oxygens (including phenoxy) is 3. The van der Waals surface area contributed by atoms with Gasteiger partial charge in [-0.05, 0) is 45.2 Å². The van der Waals surface area contributed by atoms with E-state index in [1.807, 2.05) is 0 Å². The van der Waals surface area contributed by atoms with Gasteiger partial charge in [0.1, 0.15) is 49.5 Å². The van der Waals surface area contributed by atoms with Crippen LogP contribution in [0.15, 0.2) is 12.1 Å². The van der Waals surface area contributed by atoms with Gasteiger partial charge in [0.2, 0.25) is 53.2 Å². The maximum atomic E-state index is 14.7. The van der Waals surface area contributed by atoms with Gasteiger partial charge in [-0.2, -0.15) is 0 Å². The minimum Gasteiger partial charge on any atom is -0.481 e. The summed E-state index contributed by atoms with van der Waals surface area (Å²) in [5.41, 5.74) is 10.7. The van der Waals surface area contributed by atoms with E-state index in [-0.39, 0.29) is 53.6 Å². The standard InChI is InChI=1S/C57H79Cl2N11O24/c1-6-8-9-36-42(76)12-30(22-92-24-72)53(87)65-27(4)51(85)69-39(23-93-25-73)55(89)63-19-46(80)67-38(21-71)43(77)16-32(26(3)10-47(81)82)54(88)68-37(18-40(74)33-14-31(58)15-34(59)50(33)62-7-2)57(91)94-28(5)49(56(90)64-20-45(79)66-36)70-52(86)29(13-48(83)84)11-41(75)35(60)17-44(61)78/h14-15,24-30,32,35-39,49,62,71H,6-13,16-23,60H2,1-5H3,(H2,61,78)(H,63,89)(H,64,90)(H,65,87)(H,66,79)(H,67,80)(H,68,88)(H,69,85)(H,70,86)(H,81,82)(H,83,84)/t26-,27-,28-,29+,30+,32+,35-,36+,37+,38-,39+,49+/m1/s1. The number of carboxylic acid groups (broad SMARTS) is 2.